The van der Waals surface area contributed by atoms with Crippen LogP contribution in [0.3, 0.4) is 0 Å². The molecule has 0 bridgehead atoms. The van der Waals surface area contributed by atoms with Gasteiger partial charge in [-0.15, -0.1) is 0 Å². The van der Waals surface area contributed by atoms with Crippen LogP contribution in [0.15, 0.2) is 24.3 Å². The van der Waals surface area contributed by atoms with Crippen molar-refractivity contribution in [3.05, 3.63) is 29.8 Å². The summed E-state index contributed by atoms with van der Waals surface area (Å²) < 4.78 is 15.9. The van der Waals surface area contributed by atoms with Crippen LogP contribution in [0.2, 0.25) is 0 Å². The fourth-order valence-corrected chi connectivity index (χ4v) is 1.86. The number of hydrogen-bond donors (Lipinski definition) is 1. The van der Waals surface area contributed by atoms with Gasteiger partial charge in [0, 0.05) is 12.1 Å². The summed E-state index contributed by atoms with van der Waals surface area (Å²) in [6.45, 7) is 0.647. The molecule has 0 aliphatic carbocycles. The molecule has 58 valence electrons. The predicted molar refractivity (Wildman–Crippen MR) is 42.9 cm³/mol. The van der Waals surface area contributed by atoms with E-state index in [2.05, 4.69) is 5.09 Å². The van der Waals surface area contributed by atoms with Gasteiger partial charge in [0.2, 0.25) is 0 Å². The molecule has 0 amide bonds. The van der Waals surface area contributed by atoms with E-state index in [1.165, 1.54) is 0 Å². The van der Waals surface area contributed by atoms with Crippen molar-refractivity contribution in [3.63, 3.8) is 0 Å². The smallest absolute Gasteiger partial charge is 0.305 e. The van der Waals surface area contributed by atoms with Crippen molar-refractivity contribution in [2.45, 2.75) is 6.54 Å². The summed E-state index contributed by atoms with van der Waals surface area (Å²) in [5, 5.41) is 2.76. The number of fused-ring (bicyclic) bond motifs is 1. The van der Waals surface area contributed by atoms with Gasteiger partial charge >= 0.3 is 8.18 Å². The number of nitrogens with one attached hydrogen (secondary N) is 1. The van der Waals surface area contributed by atoms with Gasteiger partial charge in [0.1, 0.15) is 5.75 Å². The van der Waals surface area contributed by atoms with Crippen molar-refractivity contribution in [3.8, 4) is 5.75 Å². The molecule has 3 nitrogen and oxygen atoms in total. The van der Waals surface area contributed by atoms with Crippen molar-refractivity contribution in [1.29, 1.82) is 0 Å². The first-order valence-electron chi connectivity index (χ1n) is 3.40. The van der Waals surface area contributed by atoms with E-state index in [1.807, 2.05) is 24.3 Å². The van der Waals surface area contributed by atoms with E-state index in [1.54, 1.807) is 0 Å². The lowest BCUT2D eigenvalue weighted by Crippen LogP contribution is -2.12. The molecule has 0 fully saturated rings. The van der Waals surface area contributed by atoms with Crippen LogP contribution in [0.1, 0.15) is 5.56 Å². The van der Waals surface area contributed by atoms with Crippen molar-refractivity contribution >= 4 is 8.18 Å². The summed E-state index contributed by atoms with van der Waals surface area (Å²) in [5.74, 6) is 0.745. The van der Waals surface area contributed by atoms with Crippen molar-refractivity contribution < 1.29 is 9.09 Å². The molecular weight excluding hydrogens is 161 g/mol. The maximum Gasteiger partial charge on any atom is 0.305 e. The summed E-state index contributed by atoms with van der Waals surface area (Å²) in [6, 6.07) is 7.60. The maximum absolute atomic E-state index is 10.9. The summed E-state index contributed by atoms with van der Waals surface area (Å²) in [5.41, 5.74) is 1.07. The molecule has 1 aromatic rings. The summed E-state index contributed by atoms with van der Waals surface area (Å²) >= 11 is 0. The lowest BCUT2D eigenvalue weighted by atomic mass is 10.2. The molecule has 0 aromatic heterocycles. The number of hydrogen-bond acceptors (Lipinski definition) is 2. The topological polar surface area (TPSA) is 38.3 Å². The molecule has 1 aliphatic heterocycles. The van der Waals surface area contributed by atoms with Crippen LogP contribution in [-0.2, 0) is 11.1 Å². The highest BCUT2D eigenvalue weighted by Gasteiger charge is 2.12. The quantitative estimate of drug-likeness (QED) is 0.599. The molecule has 0 saturated carbocycles. The minimum Gasteiger partial charge on any atom is -0.434 e. The molecule has 1 N–H and O–H groups in total. The van der Waals surface area contributed by atoms with Gasteiger partial charge in [-0.25, -0.2) is 5.09 Å². The van der Waals surface area contributed by atoms with Gasteiger partial charge in [-0.3, -0.25) is 4.57 Å². The Morgan fingerprint density at radius 2 is 2.27 bits per heavy atom. The molecule has 11 heavy (non-hydrogen) atoms. The lowest BCUT2D eigenvalue weighted by molar-refractivity contribution is 0.474. The Morgan fingerprint density at radius 1 is 1.45 bits per heavy atom. The molecule has 1 aliphatic rings. The zero-order chi connectivity index (χ0) is 7.68. The minimum absolute atomic E-state index is 0.647. The molecule has 4 heteroatoms. The zero-order valence-corrected chi connectivity index (χ0v) is 6.83. The van der Waals surface area contributed by atoms with E-state index in [4.69, 9.17) is 4.52 Å². The fraction of sp³-hybridized carbons (Fsp3) is 0.143. The summed E-state index contributed by atoms with van der Waals surface area (Å²) in [7, 11) is -2.00. The van der Waals surface area contributed by atoms with Crippen molar-refractivity contribution in [2.24, 2.45) is 0 Å². The highest BCUT2D eigenvalue weighted by molar-refractivity contribution is 7.37. The molecule has 2 rings (SSSR count). The Bertz CT molecular complexity index is 300. The average molecular weight is 169 g/mol. The third-order valence-corrected chi connectivity index (χ3v) is 2.47. The molecule has 1 aromatic carbocycles. The van der Waals surface area contributed by atoms with Crippen LogP contribution in [0, 0.1) is 0 Å². The molecule has 0 spiro atoms. The van der Waals surface area contributed by atoms with Crippen molar-refractivity contribution in [1.82, 2.24) is 5.09 Å². The highest BCUT2D eigenvalue weighted by atomic mass is 31.1. The second-order valence-electron chi connectivity index (χ2n) is 2.35. The van der Waals surface area contributed by atoms with E-state index in [-0.39, 0.29) is 0 Å². The first kappa shape index (κ1) is 6.89. The normalized spacial score (nSPS) is 22.0. The van der Waals surface area contributed by atoms with Crippen LogP contribution in [-0.4, -0.2) is 0 Å². The summed E-state index contributed by atoms with van der Waals surface area (Å²) in [4.78, 5) is 0. The molecule has 1 heterocycles. The van der Waals surface area contributed by atoms with Gasteiger partial charge in [-0.05, 0) is 6.07 Å². The third kappa shape index (κ3) is 1.30. The predicted octanol–water partition coefficient (Wildman–Crippen LogP) is 1.56. The van der Waals surface area contributed by atoms with Crippen LogP contribution >= 0.6 is 8.18 Å². The molecule has 0 radical (unpaired) electrons. The zero-order valence-electron chi connectivity index (χ0n) is 5.83. The number of para-hydroxylation sites is 1. The maximum atomic E-state index is 10.9. The van der Waals surface area contributed by atoms with Crippen LogP contribution in [0.5, 0.6) is 5.75 Å². The first-order chi connectivity index (χ1) is 5.36. The van der Waals surface area contributed by atoms with Gasteiger partial charge in [0.25, 0.3) is 0 Å². The Morgan fingerprint density at radius 3 is 3.18 bits per heavy atom. The SMILES string of the molecule is O=[PH]1NCc2ccccc2O1. The monoisotopic (exact) mass is 169 g/mol. The Hall–Kier alpha value is -0.790. The van der Waals surface area contributed by atoms with Crippen LogP contribution in [0.25, 0.3) is 0 Å². The standard InChI is InChI=1S/C7H8NO2P/c9-11-8-5-6-3-1-2-4-7(6)10-11/h1-4,11H,5H2,(H,8,9). The van der Waals surface area contributed by atoms with Gasteiger partial charge in [0.15, 0.2) is 0 Å². The molecular formula is C7H8NO2P. The number of benzene rings is 1. The van der Waals surface area contributed by atoms with Gasteiger partial charge < -0.3 is 4.52 Å². The second-order valence-corrected chi connectivity index (χ2v) is 3.48. The second kappa shape index (κ2) is 2.68. The largest absolute Gasteiger partial charge is 0.434 e. The van der Waals surface area contributed by atoms with Gasteiger partial charge in [-0.2, -0.15) is 0 Å². The van der Waals surface area contributed by atoms with Crippen LogP contribution in [0.4, 0.5) is 0 Å². The Labute approximate surface area is 65.3 Å². The van der Waals surface area contributed by atoms with E-state index >= 15 is 0 Å². The van der Waals surface area contributed by atoms with E-state index < -0.39 is 8.18 Å². The van der Waals surface area contributed by atoms with E-state index in [0.29, 0.717) is 6.54 Å². The molecule has 1 unspecified atom stereocenters. The Kier molecular flexibility index (Phi) is 1.68. The first-order valence-corrected chi connectivity index (χ1v) is 4.71. The van der Waals surface area contributed by atoms with E-state index in [9.17, 15) is 4.57 Å². The average Bonchev–Trinajstić information content (AvgIpc) is 2.04. The highest BCUT2D eigenvalue weighted by Crippen LogP contribution is 2.31. The summed E-state index contributed by atoms with van der Waals surface area (Å²) in [6.07, 6.45) is 0. The fourth-order valence-electron chi connectivity index (χ4n) is 1.05. The van der Waals surface area contributed by atoms with E-state index in [0.717, 1.165) is 11.3 Å². The third-order valence-electron chi connectivity index (χ3n) is 1.60. The lowest BCUT2D eigenvalue weighted by Gasteiger charge is -2.16. The number of rotatable bonds is 0. The minimum atomic E-state index is -2.00. The Balaban J connectivity index is 2.41. The van der Waals surface area contributed by atoms with Gasteiger partial charge in [0.05, 0.1) is 0 Å². The van der Waals surface area contributed by atoms with Gasteiger partial charge in [-0.1, -0.05) is 18.2 Å². The van der Waals surface area contributed by atoms with Crippen LogP contribution < -0.4 is 9.61 Å². The molecule has 0 saturated heterocycles. The van der Waals surface area contributed by atoms with Crippen molar-refractivity contribution in [2.75, 3.05) is 0 Å². The molecule has 1 atom stereocenters.